The van der Waals surface area contributed by atoms with Crippen molar-refractivity contribution in [3.63, 3.8) is 0 Å². The fraction of sp³-hybridized carbons (Fsp3) is 0.262. The van der Waals surface area contributed by atoms with E-state index in [0.717, 1.165) is 27.3 Å². The lowest BCUT2D eigenvalue weighted by atomic mass is 9.65. The van der Waals surface area contributed by atoms with Gasteiger partial charge in [-0.05, 0) is 102 Å². The Kier molecular flexibility index (Phi) is 15.4. The summed E-state index contributed by atoms with van der Waals surface area (Å²) < 4.78 is 18.4. The number of nitrogens with zero attached hydrogens (tertiary/aromatic N) is 4. The maximum Gasteiger partial charge on any atom is 0.329 e. The van der Waals surface area contributed by atoms with Crippen molar-refractivity contribution in [1.82, 2.24) is 15.1 Å². The van der Waals surface area contributed by atoms with E-state index in [1.54, 1.807) is 30.3 Å². The van der Waals surface area contributed by atoms with Crippen molar-refractivity contribution in [2.45, 2.75) is 49.2 Å². The van der Waals surface area contributed by atoms with E-state index in [1.807, 2.05) is 164 Å². The second-order valence-corrected chi connectivity index (χ2v) is 20.5. The molecule has 7 aromatic rings. The van der Waals surface area contributed by atoms with Crippen molar-refractivity contribution in [3.8, 4) is 17.6 Å². The normalized spacial score (nSPS) is 21.8. The van der Waals surface area contributed by atoms with Crippen LogP contribution in [-0.2, 0) is 35.8 Å². The molecule has 79 heavy (non-hydrogen) atoms. The SMILES string of the molecule is C[C@@H](NC(=O)N1C(=O)[C@@]2(c3cc(C#CCN(C)Cc4ccccc4)ccc31)[C@H](C(=O)Nc1ccc(N3CCOCC3)cc1)[C@H]1C(=O)O[C@H](c3ccccc3)[C@H](c3ccccc3)N1[C@@H]2c1cccc(OCCO)c1)c1ccccc1. The summed E-state index contributed by atoms with van der Waals surface area (Å²) in [5.74, 6) is 3.48. The first-order valence-corrected chi connectivity index (χ1v) is 26.8. The number of ether oxygens (including phenoxy) is 3. The molecule has 7 aromatic carbocycles. The van der Waals surface area contributed by atoms with Crippen molar-refractivity contribution in [1.29, 1.82) is 0 Å². The summed E-state index contributed by atoms with van der Waals surface area (Å²) in [6, 6.07) is 54.1. The maximum absolute atomic E-state index is 17.0. The van der Waals surface area contributed by atoms with Gasteiger partial charge in [-0.1, -0.05) is 145 Å². The summed E-state index contributed by atoms with van der Waals surface area (Å²) in [5, 5.41) is 16.3. The van der Waals surface area contributed by atoms with Gasteiger partial charge in [-0.3, -0.25) is 24.2 Å². The zero-order chi connectivity index (χ0) is 54.5. The van der Waals surface area contributed by atoms with Crippen LogP contribution in [0.2, 0.25) is 0 Å². The number of rotatable bonds is 14. The van der Waals surface area contributed by atoms with Crippen LogP contribution in [0.25, 0.3) is 0 Å². The molecule has 14 nitrogen and oxygen atoms in total. The van der Waals surface area contributed by atoms with E-state index >= 15 is 19.2 Å². The smallest absolute Gasteiger partial charge is 0.329 e. The van der Waals surface area contributed by atoms with Gasteiger partial charge < -0.3 is 34.9 Å². The highest BCUT2D eigenvalue weighted by Gasteiger charge is 2.75. The van der Waals surface area contributed by atoms with Crippen LogP contribution in [-0.4, -0.2) is 97.9 Å². The maximum atomic E-state index is 17.0. The van der Waals surface area contributed by atoms with Gasteiger partial charge in [0.05, 0.1) is 56.1 Å². The molecule has 4 aliphatic rings. The van der Waals surface area contributed by atoms with Crippen molar-refractivity contribution in [3.05, 3.63) is 227 Å². The van der Waals surface area contributed by atoms with E-state index in [9.17, 15) is 5.11 Å². The van der Waals surface area contributed by atoms with Gasteiger partial charge in [0.15, 0.2) is 0 Å². The number of hydrogen-bond acceptors (Lipinski definition) is 11. The van der Waals surface area contributed by atoms with Crippen LogP contribution < -0.4 is 25.2 Å². The number of esters is 1. The molecule has 14 heteroatoms. The van der Waals surface area contributed by atoms with Gasteiger partial charge in [0, 0.05) is 36.6 Å². The molecule has 7 atom stereocenters. The zero-order valence-corrected chi connectivity index (χ0v) is 44.1. The Morgan fingerprint density at radius 3 is 2.13 bits per heavy atom. The molecule has 0 unspecified atom stereocenters. The number of benzene rings is 7. The van der Waals surface area contributed by atoms with Gasteiger partial charge in [-0.25, -0.2) is 9.69 Å². The van der Waals surface area contributed by atoms with E-state index < -0.39 is 65.4 Å². The van der Waals surface area contributed by atoms with Gasteiger partial charge in [-0.15, -0.1) is 0 Å². The van der Waals surface area contributed by atoms with Gasteiger partial charge in [0.25, 0.3) is 0 Å². The lowest BCUT2D eigenvalue weighted by Crippen LogP contribution is -2.55. The number of carbonyl (C=O) groups excluding carboxylic acids is 4. The highest BCUT2D eigenvalue weighted by atomic mass is 16.6. The number of aliphatic hydroxyl groups excluding tert-OH is 1. The molecule has 4 aliphatic heterocycles. The van der Waals surface area contributed by atoms with Crippen LogP contribution >= 0.6 is 0 Å². The van der Waals surface area contributed by atoms with Gasteiger partial charge >= 0.3 is 12.0 Å². The second kappa shape index (κ2) is 23.2. The third kappa shape index (κ3) is 10.4. The van der Waals surface area contributed by atoms with Crippen molar-refractivity contribution in [2.24, 2.45) is 5.92 Å². The van der Waals surface area contributed by atoms with Gasteiger partial charge in [-0.2, -0.15) is 0 Å². The van der Waals surface area contributed by atoms with Crippen molar-refractivity contribution in [2.75, 3.05) is 68.2 Å². The summed E-state index contributed by atoms with van der Waals surface area (Å²) in [7, 11) is 1.99. The predicted molar refractivity (Wildman–Crippen MR) is 302 cm³/mol. The Morgan fingerprint density at radius 1 is 0.772 bits per heavy atom. The standard InChI is InChI=1S/C65H62N6O8/c1-44(47-20-9-4-10-21-47)66-64(76)70-55-33-28-45(19-16-34-68(2)43-46-17-7-3-8-18-46)41-54(55)65(63(70)75)56(61(73)67-51-29-31-52(32-30-51)69-35-38-77-39-36-69)58-62(74)79-59(49-24-13-6-14-25-49)57(48-22-11-5-12-23-48)71(58)60(65)50-26-15-27-53(42-50)78-40-37-72/h3-15,17-18,20-33,41-42,44,56-60,72H,34-40,43H2,1-2H3,(H,66,76)(H,67,73)/t44-,56+,57+,58+,59-,60-,65+/m1/s1. The van der Waals surface area contributed by atoms with Gasteiger partial charge in [0.2, 0.25) is 11.8 Å². The Bertz CT molecular complexity index is 3370. The van der Waals surface area contributed by atoms with Crippen LogP contribution in [0.1, 0.15) is 70.1 Å². The van der Waals surface area contributed by atoms with Crippen LogP contribution in [0.3, 0.4) is 0 Å². The van der Waals surface area contributed by atoms with Crippen LogP contribution in [0, 0.1) is 17.8 Å². The quantitative estimate of drug-likeness (QED) is 0.0706. The number of anilines is 3. The van der Waals surface area contributed by atoms with Crippen LogP contribution in [0.4, 0.5) is 21.9 Å². The number of fused-ring (bicyclic) bond motifs is 3. The molecule has 0 aromatic heterocycles. The number of aliphatic hydroxyl groups is 1. The molecule has 0 bridgehead atoms. The molecule has 4 heterocycles. The molecule has 3 N–H and O–H groups in total. The molecule has 0 saturated carbocycles. The number of cyclic esters (lactones) is 1. The van der Waals surface area contributed by atoms with E-state index in [-0.39, 0.29) is 18.9 Å². The summed E-state index contributed by atoms with van der Waals surface area (Å²) in [4.78, 5) is 71.8. The molecule has 1 spiro atoms. The van der Waals surface area contributed by atoms with E-state index in [2.05, 4.69) is 44.4 Å². The monoisotopic (exact) mass is 1050 g/mol. The van der Waals surface area contributed by atoms with E-state index in [1.165, 1.54) is 0 Å². The first-order chi connectivity index (χ1) is 38.6. The van der Waals surface area contributed by atoms with Crippen LogP contribution in [0.15, 0.2) is 188 Å². The van der Waals surface area contributed by atoms with Crippen molar-refractivity contribution < 1.29 is 38.5 Å². The number of urea groups is 1. The van der Waals surface area contributed by atoms with Crippen molar-refractivity contribution >= 4 is 40.9 Å². The summed E-state index contributed by atoms with van der Waals surface area (Å²) in [6.07, 6.45) is -0.928. The lowest BCUT2D eigenvalue weighted by molar-refractivity contribution is -0.177. The Hall–Kier alpha value is -8.58. The minimum absolute atomic E-state index is 0.0200. The molecule has 11 rings (SSSR count). The first kappa shape index (κ1) is 52.5. The molecule has 0 aliphatic carbocycles. The zero-order valence-electron chi connectivity index (χ0n) is 44.1. The topological polar surface area (TPSA) is 153 Å². The number of nitrogens with one attached hydrogen (secondary N) is 2. The number of amides is 4. The summed E-state index contributed by atoms with van der Waals surface area (Å²) in [6.45, 7) is 5.25. The van der Waals surface area contributed by atoms with E-state index in [0.29, 0.717) is 73.1 Å². The average molecular weight is 1060 g/mol. The van der Waals surface area contributed by atoms with E-state index in [4.69, 9.17) is 14.2 Å². The number of imide groups is 1. The average Bonchev–Trinajstić information content (AvgIpc) is 2.43. The third-order valence-electron chi connectivity index (χ3n) is 15.5. The molecule has 0 radical (unpaired) electrons. The second-order valence-electron chi connectivity index (χ2n) is 20.5. The Labute approximate surface area is 460 Å². The molecule has 3 saturated heterocycles. The summed E-state index contributed by atoms with van der Waals surface area (Å²) >= 11 is 0. The minimum Gasteiger partial charge on any atom is -0.491 e. The molecule has 3 fully saturated rings. The third-order valence-corrected chi connectivity index (χ3v) is 15.5. The number of hydrogen-bond donors (Lipinski definition) is 3. The predicted octanol–water partition coefficient (Wildman–Crippen LogP) is 9.15. The first-order valence-electron chi connectivity index (χ1n) is 26.8. The van der Waals surface area contributed by atoms with Crippen LogP contribution in [0.5, 0.6) is 5.75 Å². The molecular formula is C65H62N6O8. The largest absolute Gasteiger partial charge is 0.491 e. The molecular weight excluding hydrogens is 993 g/mol. The lowest BCUT2D eigenvalue weighted by Gasteiger charge is -2.46. The fourth-order valence-corrected chi connectivity index (χ4v) is 12.0. The Morgan fingerprint density at radius 2 is 1.43 bits per heavy atom. The van der Waals surface area contributed by atoms with Gasteiger partial charge in [0.1, 0.15) is 29.9 Å². The molecule has 4 amide bonds. The minimum atomic E-state index is -2.06. The fourth-order valence-electron chi connectivity index (χ4n) is 12.0. The summed E-state index contributed by atoms with van der Waals surface area (Å²) in [5.41, 5.74) is 4.38. The highest BCUT2D eigenvalue weighted by molar-refractivity contribution is 6.25. The number of carbonyl (C=O) groups is 4. The highest BCUT2D eigenvalue weighted by Crippen LogP contribution is 2.66. The Balaban J connectivity index is 1.14. The number of morpholine rings is 2. The molecule has 400 valence electrons.